The third-order valence-electron chi connectivity index (χ3n) is 4.21. The molecule has 2 heterocycles. The lowest BCUT2D eigenvalue weighted by atomic mass is 10.2. The second-order valence-electron chi connectivity index (χ2n) is 6.79. The maximum absolute atomic E-state index is 14.5. The predicted octanol–water partition coefficient (Wildman–Crippen LogP) is 4.99. The highest BCUT2D eigenvalue weighted by molar-refractivity contribution is 7.20. The minimum atomic E-state index is -0.540. The fourth-order valence-electron chi connectivity index (χ4n) is 2.81. The van der Waals surface area contributed by atoms with Gasteiger partial charge in [0.2, 0.25) is 0 Å². The number of aromatic nitrogens is 2. The van der Waals surface area contributed by atoms with Gasteiger partial charge < -0.3 is 15.8 Å². The van der Waals surface area contributed by atoms with Crippen molar-refractivity contribution >= 4 is 33.1 Å². The van der Waals surface area contributed by atoms with E-state index in [1.54, 1.807) is 18.2 Å². The van der Waals surface area contributed by atoms with E-state index in [1.165, 1.54) is 41.9 Å². The number of ether oxygens (including phenoxy) is 1. The number of thiophene rings is 1. The van der Waals surface area contributed by atoms with Crippen LogP contribution in [0.15, 0.2) is 54.9 Å². The van der Waals surface area contributed by atoms with Crippen LogP contribution < -0.4 is 15.8 Å². The molecule has 31 heavy (non-hydrogen) atoms. The van der Waals surface area contributed by atoms with Crippen molar-refractivity contribution in [2.45, 2.75) is 19.6 Å². The molecule has 0 saturated heterocycles. The Morgan fingerprint density at radius 1 is 1.16 bits per heavy atom. The molecule has 5 nitrogen and oxygen atoms in total. The molecule has 0 bridgehead atoms. The summed E-state index contributed by atoms with van der Waals surface area (Å²) in [6.07, 6.45) is 1.44. The van der Waals surface area contributed by atoms with Gasteiger partial charge in [-0.3, -0.25) is 0 Å². The van der Waals surface area contributed by atoms with E-state index in [2.05, 4.69) is 27.1 Å². The topological polar surface area (TPSA) is 73.1 Å². The quantitative estimate of drug-likeness (QED) is 0.431. The van der Waals surface area contributed by atoms with Gasteiger partial charge in [0, 0.05) is 11.8 Å². The molecule has 2 aromatic carbocycles. The molecule has 0 unspecified atom stereocenters. The van der Waals surface area contributed by atoms with Crippen LogP contribution in [0.25, 0.3) is 10.2 Å². The maximum atomic E-state index is 14.5. The first kappa shape index (κ1) is 20.7. The molecule has 0 aliphatic carbocycles. The van der Waals surface area contributed by atoms with Crippen molar-refractivity contribution in [3.05, 3.63) is 76.9 Å². The van der Waals surface area contributed by atoms with Gasteiger partial charge in [0.05, 0.1) is 21.1 Å². The average Bonchev–Trinajstić information content (AvgIpc) is 3.16. The second kappa shape index (κ2) is 9.08. The van der Waals surface area contributed by atoms with Crippen molar-refractivity contribution in [2.75, 3.05) is 5.32 Å². The number of halogens is 2. The molecular weight excluding hydrogens is 418 g/mol. The normalized spacial score (nSPS) is 11.6. The van der Waals surface area contributed by atoms with Crippen LogP contribution in [0.4, 0.5) is 20.3 Å². The Morgan fingerprint density at radius 3 is 2.81 bits per heavy atom. The summed E-state index contributed by atoms with van der Waals surface area (Å²) in [5.41, 5.74) is 7.55. The highest BCUT2D eigenvalue weighted by Crippen LogP contribution is 2.31. The number of nitrogens with one attached hydrogen (secondary N) is 1. The van der Waals surface area contributed by atoms with Gasteiger partial charge in [-0.05, 0) is 42.8 Å². The molecule has 0 radical (unpaired) electrons. The van der Waals surface area contributed by atoms with Gasteiger partial charge in [0.25, 0.3) is 0 Å². The number of benzene rings is 2. The van der Waals surface area contributed by atoms with Gasteiger partial charge in [-0.15, -0.1) is 11.3 Å². The molecule has 0 saturated carbocycles. The maximum Gasteiger partial charge on any atom is 0.167 e. The minimum Gasteiger partial charge on any atom is -0.486 e. The lowest BCUT2D eigenvalue weighted by Gasteiger charge is -2.10. The SMILES string of the molecule is C[C@@H](N)C#Cc1cc2ncnc(Nc3ccc(OCc4cccc(F)c4)c(F)c3)c2s1. The van der Waals surface area contributed by atoms with E-state index in [-0.39, 0.29) is 24.2 Å². The summed E-state index contributed by atoms with van der Waals surface area (Å²) in [4.78, 5) is 9.36. The summed E-state index contributed by atoms with van der Waals surface area (Å²) in [7, 11) is 0. The van der Waals surface area contributed by atoms with Gasteiger partial charge in [-0.25, -0.2) is 18.7 Å². The molecule has 0 aliphatic heterocycles. The third kappa shape index (κ3) is 5.15. The van der Waals surface area contributed by atoms with Crippen molar-refractivity contribution in [3.8, 4) is 17.6 Å². The summed E-state index contributed by atoms with van der Waals surface area (Å²) in [5, 5.41) is 3.12. The van der Waals surface area contributed by atoms with Gasteiger partial charge in [0.15, 0.2) is 17.4 Å². The Kier molecular flexibility index (Phi) is 6.07. The fraction of sp³-hybridized carbons (Fsp3) is 0.130. The number of rotatable bonds is 5. The zero-order valence-corrected chi connectivity index (χ0v) is 17.3. The predicted molar refractivity (Wildman–Crippen MR) is 118 cm³/mol. The van der Waals surface area contributed by atoms with Crippen LogP contribution in [0.1, 0.15) is 17.4 Å². The van der Waals surface area contributed by atoms with Crippen LogP contribution >= 0.6 is 11.3 Å². The molecule has 156 valence electrons. The number of nitrogens with two attached hydrogens (primary N) is 1. The van der Waals surface area contributed by atoms with Crippen LogP contribution in [0.2, 0.25) is 0 Å². The van der Waals surface area contributed by atoms with Crippen LogP contribution in [-0.4, -0.2) is 16.0 Å². The Labute approximate surface area is 181 Å². The Morgan fingerprint density at radius 2 is 2.03 bits per heavy atom. The molecule has 0 amide bonds. The van der Waals surface area contributed by atoms with Crippen molar-refractivity contribution in [1.82, 2.24) is 9.97 Å². The summed E-state index contributed by atoms with van der Waals surface area (Å²) < 4.78 is 34.1. The monoisotopic (exact) mass is 436 g/mol. The third-order valence-corrected chi connectivity index (χ3v) is 5.26. The molecule has 4 aromatic rings. The van der Waals surface area contributed by atoms with Gasteiger partial charge in [-0.1, -0.05) is 24.0 Å². The minimum absolute atomic E-state index is 0.0639. The van der Waals surface area contributed by atoms with E-state index in [1.807, 2.05) is 13.0 Å². The Bertz CT molecular complexity index is 1290. The summed E-state index contributed by atoms with van der Waals surface area (Å²) in [5.74, 6) is 5.66. The summed E-state index contributed by atoms with van der Waals surface area (Å²) >= 11 is 1.43. The first-order valence-electron chi connectivity index (χ1n) is 9.43. The van der Waals surface area contributed by atoms with Crippen LogP contribution in [0, 0.1) is 23.5 Å². The van der Waals surface area contributed by atoms with Crippen molar-refractivity contribution in [2.24, 2.45) is 5.73 Å². The number of nitrogens with zero attached hydrogens (tertiary/aromatic N) is 2. The number of hydrogen-bond acceptors (Lipinski definition) is 6. The Hall–Kier alpha value is -3.54. The van der Waals surface area contributed by atoms with Crippen molar-refractivity contribution < 1.29 is 13.5 Å². The van der Waals surface area contributed by atoms with Crippen molar-refractivity contribution in [1.29, 1.82) is 0 Å². The smallest absolute Gasteiger partial charge is 0.167 e. The highest BCUT2D eigenvalue weighted by atomic mass is 32.1. The molecule has 4 rings (SSSR count). The van der Waals surface area contributed by atoms with E-state index in [0.717, 1.165) is 15.1 Å². The zero-order chi connectivity index (χ0) is 21.8. The molecule has 0 aliphatic rings. The first-order valence-corrected chi connectivity index (χ1v) is 10.2. The van der Waals surface area contributed by atoms with Gasteiger partial charge >= 0.3 is 0 Å². The molecule has 1 atom stereocenters. The van der Waals surface area contributed by atoms with E-state index in [4.69, 9.17) is 10.5 Å². The van der Waals surface area contributed by atoms with Crippen LogP contribution in [0.5, 0.6) is 5.75 Å². The largest absolute Gasteiger partial charge is 0.486 e. The number of fused-ring (bicyclic) bond motifs is 1. The standard InChI is InChI=1S/C23H18F2N4OS/c1-14(26)5-7-18-11-20-22(31-18)23(28-13-27-20)29-17-6-8-21(19(25)10-17)30-12-15-3-2-4-16(24)9-15/h2-4,6,8-11,13-14H,12,26H2,1H3,(H,27,28,29)/t14-/m1/s1. The lowest BCUT2D eigenvalue weighted by Crippen LogP contribution is -2.10. The first-order chi connectivity index (χ1) is 15.0. The van der Waals surface area contributed by atoms with E-state index in [9.17, 15) is 8.78 Å². The average molecular weight is 436 g/mol. The van der Waals surface area contributed by atoms with E-state index < -0.39 is 5.82 Å². The van der Waals surface area contributed by atoms with E-state index >= 15 is 0 Å². The summed E-state index contributed by atoms with van der Waals surface area (Å²) in [6, 6.07) is 12.2. The number of hydrogen-bond donors (Lipinski definition) is 2. The highest BCUT2D eigenvalue weighted by Gasteiger charge is 2.11. The molecule has 3 N–H and O–H groups in total. The lowest BCUT2D eigenvalue weighted by molar-refractivity contribution is 0.290. The Balaban J connectivity index is 1.51. The fourth-order valence-corrected chi connectivity index (χ4v) is 3.73. The molecular formula is C23H18F2N4OS. The molecule has 8 heteroatoms. The zero-order valence-electron chi connectivity index (χ0n) is 16.5. The molecule has 2 aromatic heterocycles. The number of anilines is 2. The van der Waals surface area contributed by atoms with Crippen LogP contribution in [0.3, 0.4) is 0 Å². The molecule has 0 fully saturated rings. The van der Waals surface area contributed by atoms with Crippen LogP contribution in [-0.2, 0) is 6.61 Å². The van der Waals surface area contributed by atoms with E-state index in [0.29, 0.717) is 17.1 Å². The second-order valence-corrected chi connectivity index (χ2v) is 7.85. The van der Waals surface area contributed by atoms with Gasteiger partial charge in [-0.2, -0.15) is 0 Å². The molecule has 0 spiro atoms. The summed E-state index contributed by atoms with van der Waals surface area (Å²) in [6.45, 7) is 1.88. The van der Waals surface area contributed by atoms with Crippen molar-refractivity contribution in [3.63, 3.8) is 0 Å². The van der Waals surface area contributed by atoms with Gasteiger partial charge in [0.1, 0.15) is 18.8 Å².